The lowest BCUT2D eigenvalue weighted by Crippen LogP contribution is -2.30. The molecule has 0 radical (unpaired) electrons. The molecule has 0 unspecified atom stereocenters. The molecule has 214 valence electrons. The van der Waals surface area contributed by atoms with Crippen LogP contribution in [0.3, 0.4) is 0 Å². The normalized spacial score (nSPS) is 11.3. The van der Waals surface area contributed by atoms with E-state index in [1.54, 1.807) is 55.4 Å². The van der Waals surface area contributed by atoms with Crippen molar-refractivity contribution in [3.05, 3.63) is 106 Å². The monoisotopic (exact) mass is 636 g/mol. The maximum atomic E-state index is 12.9. The molecule has 41 heavy (non-hydrogen) atoms. The zero-order chi connectivity index (χ0) is 29.6. The quantitative estimate of drug-likeness (QED) is 0.200. The van der Waals surface area contributed by atoms with Gasteiger partial charge in [-0.3, -0.25) is 9.59 Å². The topological polar surface area (TPSA) is 92.8 Å². The lowest BCUT2D eigenvalue weighted by molar-refractivity contribution is -0.128. The zero-order valence-electron chi connectivity index (χ0n) is 23.3. The van der Waals surface area contributed by atoms with E-state index in [2.05, 4.69) is 51.0 Å². The van der Waals surface area contributed by atoms with Gasteiger partial charge in [0.1, 0.15) is 10.6 Å². The number of ether oxygens (including phenoxy) is 1. The second-order valence-electron chi connectivity index (χ2n) is 10.0. The molecule has 0 heterocycles. The number of nitrogens with one attached hydrogen (secondary N) is 1. The molecular weight excluding hydrogens is 604 g/mol. The van der Waals surface area contributed by atoms with Crippen LogP contribution in [0.25, 0.3) is 10.8 Å². The second kappa shape index (κ2) is 13.3. The van der Waals surface area contributed by atoms with Crippen LogP contribution in [-0.4, -0.2) is 46.3 Å². The first-order valence-electron chi connectivity index (χ1n) is 13.3. The standard InChI is InChI=1S/C32H33BrN2O5S/c1-35(2)31(36)14-7-4-9-22-15-16-23-10-8-11-24(27(23)19-22)20-25-17-18-26(21-29(25)40-3)32(37)34-41(38,39)30-13-6-5-12-28(30)33/h5-6,8,10-13,15-19,21H,4,7,9,14,20H2,1-3H3,(H,34,37). The molecule has 0 fully saturated rings. The van der Waals surface area contributed by atoms with Gasteiger partial charge < -0.3 is 9.64 Å². The van der Waals surface area contributed by atoms with Gasteiger partial charge in [0.2, 0.25) is 5.91 Å². The van der Waals surface area contributed by atoms with Crippen molar-refractivity contribution in [3.63, 3.8) is 0 Å². The van der Waals surface area contributed by atoms with E-state index in [1.807, 2.05) is 6.07 Å². The number of aryl methyl sites for hydroxylation is 1. The van der Waals surface area contributed by atoms with Gasteiger partial charge in [-0.25, -0.2) is 13.1 Å². The van der Waals surface area contributed by atoms with Crippen molar-refractivity contribution in [2.24, 2.45) is 0 Å². The molecule has 0 bridgehead atoms. The molecule has 0 saturated heterocycles. The van der Waals surface area contributed by atoms with Gasteiger partial charge in [0.05, 0.1) is 7.11 Å². The Hall–Kier alpha value is -3.69. The summed E-state index contributed by atoms with van der Waals surface area (Å²) in [4.78, 5) is 26.4. The van der Waals surface area contributed by atoms with Gasteiger partial charge in [-0.05, 0) is 86.9 Å². The molecule has 0 aromatic heterocycles. The first kappa shape index (κ1) is 30.3. The number of hydrogen-bond donors (Lipinski definition) is 1. The fraction of sp³-hybridized carbons (Fsp3) is 0.250. The van der Waals surface area contributed by atoms with Crippen molar-refractivity contribution in [1.82, 2.24) is 9.62 Å². The van der Waals surface area contributed by atoms with E-state index in [-0.39, 0.29) is 16.4 Å². The Bertz CT molecular complexity index is 1690. The van der Waals surface area contributed by atoms with Crippen LogP contribution >= 0.6 is 15.9 Å². The number of methoxy groups -OCH3 is 1. The third-order valence-corrected chi connectivity index (χ3v) is 9.27. The summed E-state index contributed by atoms with van der Waals surface area (Å²) in [5.74, 6) is -0.100. The number of fused-ring (bicyclic) bond motifs is 1. The molecule has 0 aliphatic heterocycles. The third-order valence-electron chi connectivity index (χ3n) is 6.93. The molecule has 0 aliphatic carbocycles. The maximum absolute atomic E-state index is 12.9. The van der Waals surface area contributed by atoms with Crippen LogP contribution in [0.1, 0.15) is 46.3 Å². The van der Waals surface area contributed by atoms with E-state index in [1.165, 1.54) is 18.7 Å². The van der Waals surface area contributed by atoms with Gasteiger partial charge in [-0.15, -0.1) is 0 Å². The van der Waals surface area contributed by atoms with E-state index >= 15 is 0 Å². The minimum Gasteiger partial charge on any atom is -0.496 e. The van der Waals surface area contributed by atoms with Crippen molar-refractivity contribution in [1.29, 1.82) is 0 Å². The molecule has 1 N–H and O–H groups in total. The van der Waals surface area contributed by atoms with Crippen LogP contribution in [0, 0.1) is 0 Å². The van der Waals surface area contributed by atoms with E-state index in [9.17, 15) is 18.0 Å². The molecule has 0 saturated carbocycles. The fourth-order valence-electron chi connectivity index (χ4n) is 4.66. The largest absolute Gasteiger partial charge is 0.496 e. The van der Waals surface area contributed by atoms with Gasteiger partial charge in [0.15, 0.2) is 0 Å². The fourth-order valence-corrected chi connectivity index (χ4v) is 6.64. The summed E-state index contributed by atoms with van der Waals surface area (Å²) in [6.07, 6.45) is 3.79. The lowest BCUT2D eigenvalue weighted by atomic mass is 9.95. The maximum Gasteiger partial charge on any atom is 0.265 e. The van der Waals surface area contributed by atoms with E-state index in [0.717, 1.165) is 41.2 Å². The predicted molar refractivity (Wildman–Crippen MR) is 165 cm³/mol. The van der Waals surface area contributed by atoms with Gasteiger partial charge in [0, 0.05) is 37.0 Å². The average molecular weight is 638 g/mol. The number of halogens is 1. The average Bonchev–Trinajstić information content (AvgIpc) is 2.95. The van der Waals surface area contributed by atoms with Crippen LogP contribution in [0.5, 0.6) is 5.75 Å². The predicted octanol–water partition coefficient (Wildman–Crippen LogP) is 6.12. The Balaban J connectivity index is 1.51. The number of amides is 2. The number of carbonyl (C=O) groups is 2. The summed E-state index contributed by atoms with van der Waals surface area (Å²) < 4.78 is 33.7. The molecule has 0 atom stereocenters. The molecule has 7 nitrogen and oxygen atoms in total. The van der Waals surface area contributed by atoms with Crippen molar-refractivity contribution in [2.45, 2.75) is 37.0 Å². The molecule has 9 heteroatoms. The first-order valence-corrected chi connectivity index (χ1v) is 15.6. The van der Waals surface area contributed by atoms with E-state index in [0.29, 0.717) is 23.1 Å². The van der Waals surface area contributed by atoms with Gasteiger partial charge >= 0.3 is 0 Å². The number of rotatable bonds is 11. The number of unbranched alkanes of at least 4 members (excludes halogenated alkanes) is 1. The van der Waals surface area contributed by atoms with Crippen LogP contribution in [-0.2, 0) is 27.7 Å². The minimum absolute atomic E-state index is 0.0192. The van der Waals surface area contributed by atoms with Crippen molar-refractivity contribution >= 4 is 48.5 Å². The summed E-state index contributed by atoms with van der Waals surface area (Å²) in [7, 11) is 1.02. The molecule has 4 aromatic carbocycles. The second-order valence-corrected chi connectivity index (χ2v) is 12.5. The number of carbonyl (C=O) groups excluding carboxylic acids is 2. The molecule has 0 aliphatic rings. The highest BCUT2D eigenvalue weighted by Crippen LogP contribution is 2.29. The number of sulfonamides is 1. The summed E-state index contributed by atoms with van der Waals surface area (Å²) in [6, 6.07) is 23.9. The lowest BCUT2D eigenvalue weighted by Gasteiger charge is -2.14. The number of benzene rings is 4. The summed E-state index contributed by atoms with van der Waals surface area (Å²) in [5, 5.41) is 2.26. The van der Waals surface area contributed by atoms with Gasteiger partial charge in [-0.1, -0.05) is 54.6 Å². The van der Waals surface area contributed by atoms with E-state index in [4.69, 9.17) is 4.74 Å². The molecule has 4 rings (SSSR count). The first-order chi connectivity index (χ1) is 19.6. The molecule has 2 amide bonds. The Morgan fingerprint density at radius 2 is 1.68 bits per heavy atom. The Kier molecular flexibility index (Phi) is 9.83. The number of hydrogen-bond acceptors (Lipinski definition) is 5. The molecule has 4 aromatic rings. The highest BCUT2D eigenvalue weighted by molar-refractivity contribution is 9.10. The third kappa shape index (κ3) is 7.54. The summed E-state index contributed by atoms with van der Waals surface area (Å²) in [6.45, 7) is 0. The summed E-state index contributed by atoms with van der Waals surface area (Å²) >= 11 is 3.22. The highest BCUT2D eigenvalue weighted by Gasteiger charge is 2.22. The van der Waals surface area contributed by atoms with E-state index < -0.39 is 15.9 Å². The highest BCUT2D eigenvalue weighted by atomic mass is 79.9. The number of nitrogens with zero attached hydrogens (tertiary/aromatic N) is 1. The van der Waals surface area contributed by atoms with Crippen LogP contribution in [0.4, 0.5) is 0 Å². The minimum atomic E-state index is -4.07. The Morgan fingerprint density at radius 3 is 2.41 bits per heavy atom. The van der Waals surface area contributed by atoms with Crippen molar-refractivity contribution < 1.29 is 22.7 Å². The van der Waals surface area contributed by atoms with Crippen LogP contribution in [0.15, 0.2) is 88.2 Å². The Labute approximate surface area is 249 Å². The van der Waals surface area contributed by atoms with Crippen LogP contribution in [0.2, 0.25) is 0 Å². The zero-order valence-corrected chi connectivity index (χ0v) is 25.7. The molecule has 0 spiro atoms. The van der Waals surface area contributed by atoms with Gasteiger partial charge in [0.25, 0.3) is 15.9 Å². The SMILES string of the molecule is COc1cc(C(=O)NS(=O)(=O)c2ccccc2Br)ccc1Cc1cccc2ccc(CCCCC(=O)N(C)C)cc12. The van der Waals surface area contributed by atoms with Crippen LogP contribution < -0.4 is 9.46 Å². The molecular formula is C32H33BrN2O5S. The Morgan fingerprint density at radius 1 is 0.902 bits per heavy atom. The smallest absolute Gasteiger partial charge is 0.265 e. The van der Waals surface area contributed by atoms with Crippen molar-refractivity contribution in [3.8, 4) is 5.75 Å². The summed E-state index contributed by atoms with van der Waals surface area (Å²) in [5.41, 5.74) is 3.37. The van der Waals surface area contributed by atoms with Crippen molar-refractivity contribution in [2.75, 3.05) is 21.2 Å². The van der Waals surface area contributed by atoms with Gasteiger partial charge in [-0.2, -0.15) is 0 Å².